The van der Waals surface area contributed by atoms with Gasteiger partial charge < -0.3 is 19.7 Å². The molecule has 0 aliphatic rings. The Balaban J connectivity index is 5.25. The van der Waals surface area contributed by atoms with E-state index in [1.165, 1.54) is 180 Å². The first kappa shape index (κ1) is 63.4. The van der Waals surface area contributed by atoms with Crippen molar-refractivity contribution in [2.24, 2.45) is 11.8 Å². The molecule has 0 aromatic carbocycles. The maximum Gasteiger partial charge on any atom is 0.305 e. The molecule has 2 unspecified atom stereocenters. The van der Waals surface area contributed by atoms with Gasteiger partial charge >= 0.3 is 11.9 Å². The van der Waals surface area contributed by atoms with Gasteiger partial charge in [0.25, 0.3) is 0 Å². The second kappa shape index (κ2) is 50.3. The minimum Gasteiger partial charge on any atom is -0.465 e. The molecule has 0 aliphatic heterocycles. The third-order valence-electron chi connectivity index (χ3n) is 14.0. The van der Waals surface area contributed by atoms with Crippen LogP contribution in [-0.2, 0) is 23.9 Å². The van der Waals surface area contributed by atoms with Gasteiger partial charge in [-0.3, -0.25) is 14.4 Å². The second-order valence-electron chi connectivity index (χ2n) is 20.3. The molecule has 0 aromatic heterocycles. The van der Waals surface area contributed by atoms with Crippen molar-refractivity contribution in [2.45, 2.75) is 310 Å². The van der Waals surface area contributed by atoms with Crippen molar-refractivity contribution in [3.8, 4) is 0 Å². The summed E-state index contributed by atoms with van der Waals surface area (Å²) in [7, 11) is 1.99. The van der Waals surface area contributed by atoms with Crippen LogP contribution in [0.2, 0.25) is 0 Å². The Morgan fingerprint density at radius 1 is 0.385 bits per heavy atom. The Hall–Kier alpha value is -1.63. The Bertz CT molecular complexity index is 964. The maximum absolute atomic E-state index is 13.9. The topological polar surface area (TPSA) is 84.9 Å². The lowest BCUT2D eigenvalue weighted by Crippen LogP contribution is -2.41. The van der Waals surface area contributed by atoms with E-state index >= 15 is 0 Å². The van der Waals surface area contributed by atoms with E-state index in [1.807, 2.05) is 7.05 Å². The number of amides is 1. The molecule has 0 heterocycles. The summed E-state index contributed by atoms with van der Waals surface area (Å²) >= 11 is 0. The Kier molecular flexibility index (Phi) is 49.0. The number of hydrogen-bond acceptors (Lipinski definition) is 6. The number of ether oxygens (including phenoxy) is 2. The lowest BCUT2D eigenvalue weighted by Gasteiger charge is -2.33. The number of hydrogen-bond donors (Lipinski definition) is 1. The van der Waals surface area contributed by atoms with Gasteiger partial charge in [-0.15, -0.1) is 0 Å². The zero-order chi connectivity index (χ0) is 47.7. The molecule has 0 fully saturated rings. The first-order valence-electron chi connectivity index (χ1n) is 29.1. The Morgan fingerprint density at radius 2 is 0.692 bits per heavy atom. The van der Waals surface area contributed by atoms with Crippen molar-refractivity contribution < 1.29 is 23.9 Å². The summed E-state index contributed by atoms with van der Waals surface area (Å²) in [6.07, 6.45) is 47.8. The minimum absolute atomic E-state index is 0.0373. The fraction of sp³-hybridized carbons (Fsp3) is 0.948. The van der Waals surface area contributed by atoms with Crippen LogP contribution in [0.15, 0.2) is 0 Å². The smallest absolute Gasteiger partial charge is 0.305 e. The molecule has 0 aromatic rings. The molecule has 7 heteroatoms. The van der Waals surface area contributed by atoms with Crippen LogP contribution in [-0.4, -0.2) is 62.1 Å². The summed E-state index contributed by atoms with van der Waals surface area (Å²) in [5.41, 5.74) is 0. The fourth-order valence-corrected chi connectivity index (χ4v) is 9.58. The predicted octanol–water partition coefficient (Wildman–Crippen LogP) is 17.2. The number of esters is 2. The van der Waals surface area contributed by atoms with Crippen LogP contribution in [0, 0.1) is 11.8 Å². The molecule has 386 valence electrons. The number of carbonyl (C=O) groups excluding carboxylic acids is 3. The standard InChI is InChI=1S/C58H114N2O5/c1-7-12-17-22-25-32-42-53(40-30-20-15-10-4)51-64-57(62)47-37-28-34-44-55(60(50-39-49-59-6)56(61)46-36-27-24-19-14-9-3)45-35-29-38-48-58(63)65-52-54(41-31-21-16-11-5)43-33-26-23-18-13-8-2/h53-55,59H,7-52H2,1-6H3. The van der Waals surface area contributed by atoms with Gasteiger partial charge in [-0.2, -0.15) is 0 Å². The highest BCUT2D eigenvalue weighted by Gasteiger charge is 2.23. The van der Waals surface area contributed by atoms with Gasteiger partial charge in [0, 0.05) is 31.8 Å². The van der Waals surface area contributed by atoms with E-state index in [4.69, 9.17) is 9.47 Å². The SMILES string of the molecule is CCCCCCCCC(=O)N(CCCNC)C(CCCCCC(=O)OCC(CCCCCC)CCCCCCCC)CCCCCC(=O)OCC(CCCCCC)CCCCCCCC. The monoisotopic (exact) mass is 919 g/mol. The van der Waals surface area contributed by atoms with Crippen molar-refractivity contribution in [1.29, 1.82) is 0 Å². The summed E-state index contributed by atoms with van der Waals surface area (Å²) in [4.78, 5) is 42.0. The number of nitrogens with zero attached hydrogens (tertiary/aromatic N) is 1. The van der Waals surface area contributed by atoms with Crippen molar-refractivity contribution in [1.82, 2.24) is 10.2 Å². The second-order valence-corrected chi connectivity index (χ2v) is 20.3. The van der Waals surface area contributed by atoms with Crippen LogP contribution in [0.25, 0.3) is 0 Å². The van der Waals surface area contributed by atoms with E-state index < -0.39 is 0 Å². The molecule has 0 bridgehead atoms. The van der Waals surface area contributed by atoms with Gasteiger partial charge in [0.2, 0.25) is 5.91 Å². The van der Waals surface area contributed by atoms with Crippen molar-refractivity contribution in [3.05, 3.63) is 0 Å². The molecular formula is C58H114N2O5. The highest BCUT2D eigenvalue weighted by molar-refractivity contribution is 5.76. The van der Waals surface area contributed by atoms with Gasteiger partial charge in [-0.05, 0) is 89.6 Å². The minimum atomic E-state index is -0.0373. The molecule has 1 N–H and O–H groups in total. The van der Waals surface area contributed by atoms with Gasteiger partial charge in [0.1, 0.15) is 0 Å². The molecule has 2 atom stereocenters. The first-order chi connectivity index (χ1) is 31.9. The summed E-state index contributed by atoms with van der Waals surface area (Å²) in [5.74, 6) is 1.22. The van der Waals surface area contributed by atoms with Gasteiger partial charge in [0.05, 0.1) is 13.2 Å². The molecular weight excluding hydrogens is 805 g/mol. The van der Waals surface area contributed by atoms with Crippen molar-refractivity contribution in [2.75, 3.05) is 33.4 Å². The van der Waals surface area contributed by atoms with Gasteiger partial charge in [-0.1, -0.05) is 221 Å². The summed E-state index contributed by atoms with van der Waals surface area (Å²) in [6, 6.07) is 0.198. The highest BCUT2D eigenvalue weighted by atomic mass is 16.5. The van der Waals surface area contributed by atoms with Crippen LogP contribution < -0.4 is 5.32 Å². The lowest BCUT2D eigenvalue weighted by molar-refractivity contribution is -0.146. The summed E-state index contributed by atoms with van der Waals surface area (Å²) in [6.45, 7) is 14.2. The van der Waals surface area contributed by atoms with Crippen molar-refractivity contribution in [3.63, 3.8) is 0 Å². The van der Waals surface area contributed by atoms with E-state index in [2.05, 4.69) is 44.8 Å². The first-order valence-corrected chi connectivity index (χ1v) is 29.1. The molecule has 65 heavy (non-hydrogen) atoms. The molecule has 7 nitrogen and oxygen atoms in total. The molecule has 0 saturated heterocycles. The number of carbonyl (C=O) groups is 3. The molecule has 0 spiro atoms. The molecule has 0 saturated carbocycles. The lowest BCUT2D eigenvalue weighted by atomic mass is 9.95. The summed E-state index contributed by atoms with van der Waals surface area (Å²) < 4.78 is 11.8. The zero-order valence-corrected chi connectivity index (χ0v) is 44.7. The Morgan fingerprint density at radius 3 is 1.08 bits per heavy atom. The molecule has 1 amide bonds. The number of nitrogens with one attached hydrogen (secondary N) is 1. The molecule has 0 radical (unpaired) electrons. The van der Waals surface area contributed by atoms with Gasteiger partial charge in [-0.25, -0.2) is 0 Å². The van der Waals surface area contributed by atoms with Crippen LogP contribution >= 0.6 is 0 Å². The van der Waals surface area contributed by atoms with Crippen molar-refractivity contribution >= 4 is 17.8 Å². The summed E-state index contributed by atoms with van der Waals surface area (Å²) in [5, 5.41) is 3.29. The largest absolute Gasteiger partial charge is 0.465 e. The molecule has 0 aliphatic carbocycles. The van der Waals surface area contributed by atoms with Crippen LogP contribution in [0.5, 0.6) is 0 Å². The Labute approximate surface area is 406 Å². The van der Waals surface area contributed by atoms with E-state index in [1.54, 1.807) is 0 Å². The molecule has 0 rings (SSSR count). The zero-order valence-electron chi connectivity index (χ0n) is 44.7. The average molecular weight is 920 g/mol. The number of rotatable bonds is 52. The fourth-order valence-electron chi connectivity index (χ4n) is 9.58. The number of unbranched alkanes of at least 4 members (excludes halogenated alkanes) is 25. The van der Waals surface area contributed by atoms with E-state index in [-0.39, 0.29) is 18.0 Å². The van der Waals surface area contributed by atoms with Gasteiger partial charge in [0.15, 0.2) is 0 Å². The van der Waals surface area contributed by atoms with Crippen LogP contribution in [0.3, 0.4) is 0 Å². The maximum atomic E-state index is 13.9. The average Bonchev–Trinajstić information content (AvgIpc) is 3.30. The quantitative estimate of drug-likeness (QED) is 0.0483. The third-order valence-corrected chi connectivity index (χ3v) is 14.0. The third kappa shape index (κ3) is 42.2. The van der Waals surface area contributed by atoms with E-state index in [0.29, 0.717) is 50.2 Å². The van der Waals surface area contributed by atoms with E-state index in [9.17, 15) is 14.4 Å². The highest BCUT2D eigenvalue weighted by Crippen LogP contribution is 2.24. The van der Waals surface area contributed by atoms with Crippen LogP contribution in [0.4, 0.5) is 0 Å². The predicted molar refractivity (Wildman–Crippen MR) is 281 cm³/mol. The van der Waals surface area contributed by atoms with Crippen LogP contribution in [0.1, 0.15) is 304 Å². The normalized spacial score (nSPS) is 12.9. The van der Waals surface area contributed by atoms with E-state index in [0.717, 1.165) is 83.7 Å².